The van der Waals surface area contributed by atoms with Gasteiger partial charge in [0.2, 0.25) is 0 Å². The van der Waals surface area contributed by atoms with E-state index in [0.29, 0.717) is 37.1 Å². The maximum Gasteiger partial charge on any atom is 0.471 e. The van der Waals surface area contributed by atoms with Crippen molar-refractivity contribution in [2.45, 2.75) is 32.0 Å². The topological polar surface area (TPSA) is 109 Å². The van der Waals surface area contributed by atoms with Crippen LogP contribution in [0.15, 0.2) is 33.2 Å². The summed E-state index contributed by atoms with van der Waals surface area (Å²) in [7, 11) is 1.00. The maximum atomic E-state index is 12.7. The van der Waals surface area contributed by atoms with Crippen LogP contribution in [0.5, 0.6) is 17.2 Å². The molecule has 0 spiro atoms. The van der Waals surface area contributed by atoms with Gasteiger partial charge in [-0.05, 0) is 74.2 Å². The van der Waals surface area contributed by atoms with Crippen molar-refractivity contribution in [2.75, 3.05) is 7.11 Å². The van der Waals surface area contributed by atoms with Crippen molar-refractivity contribution in [3.63, 3.8) is 0 Å². The highest BCUT2D eigenvalue weighted by Crippen LogP contribution is 2.41. The van der Waals surface area contributed by atoms with E-state index in [-0.39, 0.29) is 18.6 Å². The highest BCUT2D eigenvalue weighted by molar-refractivity contribution is 9.11. The number of rotatable bonds is 7. The minimum atomic E-state index is -5.16. The SMILES string of the molecule is COC(=O)[C@H](Cc1cc(Br)c(Oc2ccc(O)c(CC#N)c2)c(Br)c1C)NC(=O)C(F)(F)F. The van der Waals surface area contributed by atoms with Crippen LogP contribution in [0.25, 0.3) is 0 Å². The number of ether oxygens (including phenoxy) is 2. The Morgan fingerprint density at radius 2 is 1.91 bits per heavy atom. The Bertz CT molecular complexity index is 1120. The first-order valence-electron chi connectivity index (χ1n) is 9.18. The second kappa shape index (κ2) is 10.9. The van der Waals surface area contributed by atoms with E-state index in [9.17, 15) is 27.9 Å². The summed E-state index contributed by atoms with van der Waals surface area (Å²) in [5.41, 5.74) is 1.35. The van der Waals surface area contributed by atoms with E-state index < -0.39 is 24.1 Å². The Kier molecular flexibility index (Phi) is 8.74. The van der Waals surface area contributed by atoms with Gasteiger partial charge in [0.25, 0.3) is 0 Å². The van der Waals surface area contributed by atoms with E-state index >= 15 is 0 Å². The molecular formula is C21H17Br2F3N2O5. The Balaban J connectivity index is 2.36. The zero-order chi connectivity index (χ0) is 24.9. The zero-order valence-electron chi connectivity index (χ0n) is 17.2. The summed E-state index contributed by atoms with van der Waals surface area (Å²) >= 11 is 6.73. The average Bonchev–Trinajstić information content (AvgIpc) is 2.75. The summed E-state index contributed by atoms with van der Waals surface area (Å²) in [5.74, 6) is -2.69. The number of hydrogen-bond donors (Lipinski definition) is 2. The van der Waals surface area contributed by atoms with E-state index in [1.165, 1.54) is 18.2 Å². The summed E-state index contributed by atoms with van der Waals surface area (Å²) in [4.78, 5) is 23.3. The third-order valence-electron chi connectivity index (χ3n) is 4.54. The molecule has 33 heavy (non-hydrogen) atoms. The lowest BCUT2D eigenvalue weighted by Gasteiger charge is -2.20. The van der Waals surface area contributed by atoms with Crippen LogP contribution < -0.4 is 10.1 Å². The Morgan fingerprint density at radius 3 is 2.48 bits per heavy atom. The predicted octanol–water partition coefficient (Wildman–Crippen LogP) is 4.85. The van der Waals surface area contributed by atoms with Gasteiger partial charge in [-0.3, -0.25) is 4.79 Å². The fraction of sp³-hybridized carbons (Fsp3) is 0.286. The van der Waals surface area contributed by atoms with Crippen LogP contribution in [0.4, 0.5) is 13.2 Å². The highest BCUT2D eigenvalue weighted by Gasteiger charge is 2.41. The maximum absolute atomic E-state index is 12.7. The fourth-order valence-corrected chi connectivity index (χ4v) is 4.18. The number of nitriles is 1. The summed E-state index contributed by atoms with van der Waals surface area (Å²) in [6.07, 6.45) is -5.46. The van der Waals surface area contributed by atoms with E-state index in [0.717, 1.165) is 7.11 Å². The molecule has 0 heterocycles. The normalized spacial score (nSPS) is 11.9. The van der Waals surface area contributed by atoms with Gasteiger partial charge in [-0.15, -0.1) is 0 Å². The van der Waals surface area contributed by atoms with Crippen LogP contribution in [-0.2, 0) is 27.2 Å². The molecule has 2 aromatic rings. The monoisotopic (exact) mass is 592 g/mol. The summed E-state index contributed by atoms with van der Waals surface area (Å²) in [5, 5.41) is 20.3. The van der Waals surface area contributed by atoms with E-state index in [1.807, 2.05) is 6.07 Å². The lowest BCUT2D eigenvalue weighted by atomic mass is 10.0. The molecule has 0 saturated heterocycles. The molecule has 7 nitrogen and oxygen atoms in total. The van der Waals surface area contributed by atoms with Crippen molar-refractivity contribution in [2.24, 2.45) is 0 Å². The Labute approximate surface area is 203 Å². The van der Waals surface area contributed by atoms with Crippen LogP contribution >= 0.6 is 31.9 Å². The number of phenolic OH excluding ortho intramolecular Hbond substituents is 1. The molecule has 0 bridgehead atoms. The largest absolute Gasteiger partial charge is 0.508 e. The second-order valence-electron chi connectivity index (χ2n) is 6.76. The van der Waals surface area contributed by atoms with Gasteiger partial charge in [-0.1, -0.05) is 0 Å². The molecule has 0 aliphatic carbocycles. The van der Waals surface area contributed by atoms with Gasteiger partial charge in [0.15, 0.2) is 5.75 Å². The smallest absolute Gasteiger partial charge is 0.471 e. The summed E-state index contributed by atoms with van der Waals surface area (Å²) in [6, 6.07) is 6.29. The third-order valence-corrected chi connectivity index (χ3v) is 6.08. The number of amides is 1. The molecule has 1 atom stereocenters. The molecule has 2 aromatic carbocycles. The number of nitrogens with zero attached hydrogens (tertiary/aromatic N) is 1. The first kappa shape index (κ1) is 26.5. The standard InChI is InChI=1S/C21H17Br2F3N2O5/c1-10-12(9-15(19(30)32-2)28-20(31)21(24,25)26)8-14(22)18(17(10)23)33-13-3-4-16(29)11(7-13)5-6-27/h3-4,7-8,15,29H,5,9H2,1-2H3,(H,28,31)/t15-/m0/s1. The zero-order valence-corrected chi connectivity index (χ0v) is 20.4. The third kappa shape index (κ3) is 6.61. The number of nitrogens with one attached hydrogen (secondary N) is 1. The lowest BCUT2D eigenvalue weighted by molar-refractivity contribution is -0.175. The van der Waals surface area contributed by atoms with E-state index in [2.05, 4.69) is 36.6 Å². The van der Waals surface area contributed by atoms with Gasteiger partial charge in [0, 0.05) is 12.0 Å². The van der Waals surface area contributed by atoms with Gasteiger partial charge in [0.05, 0.1) is 28.5 Å². The molecule has 2 rings (SSSR count). The number of aromatic hydroxyl groups is 1. The molecule has 1 amide bonds. The highest BCUT2D eigenvalue weighted by atomic mass is 79.9. The van der Waals surface area contributed by atoms with Gasteiger partial charge in [-0.25, -0.2) is 4.79 Å². The number of carbonyl (C=O) groups excluding carboxylic acids is 2. The Hall–Kier alpha value is -2.78. The van der Waals surface area contributed by atoms with Gasteiger partial charge >= 0.3 is 18.1 Å². The number of carbonyl (C=O) groups is 2. The number of phenols is 1. The van der Waals surface area contributed by atoms with E-state index in [4.69, 9.17) is 10.00 Å². The molecule has 176 valence electrons. The molecule has 12 heteroatoms. The minimum Gasteiger partial charge on any atom is -0.508 e. The van der Waals surface area contributed by atoms with Crippen LogP contribution in [0.3, 0.4) is 0 Å². The molecule has 0 fully saturated rings. The number of alkyl halides is 3. The van der Waals surface area contributed by atoms with Crippen molar-refractivity contribution in [1.82, 2.24) is 5.32 Å². The second-order valence-corrected chi connectivity index (χ2v) is 8.41. The van der Waals surface area contributed by atoms with Crippen LogP contribution in [0.1, 0.15) is 16.7 Å². The van der Waals surface area contributed by atoms with Gasteiger partial charge in [0.1, 0.15) is 17.5 Å². The number of halogens is 5. The number of esters is 1. The van der Waals surface area contributed by atoms with Crippen molar-refractivity contribution in [3.8, 4) is 23.3 Å². The molecule has 0 saturated carbocycles. The van der Waals surface area contributed by atoms with Crippen molar-refractivity contribution in [1.29, 1.82) is 5.26 Å². The Morgan fingerprint density at radius 1 is 1.24 bits per heavy atom. The quantitative estimate of drug-likeness (QED) is 0.445. The summed E-state index contributed by atoms with van der Waals surface area (Å²) < 4.78 is 49.2. The molecule has 0 unspecified atom stereocenters. The number of hydrogen-bond acceptors (Lipinski definition) is 6. The van der Waals surface area contributed by atoms with Crippen LogP contribution in [0, 0.1) is 18.3 Å². The molecule has 0 aliphatic rings. The van der Waals surface area contributed by atoms with Crippen LogP contribution in [-0.4, -0.2) is 36.3 Å². The fourth-order valence-electron chi connectivity index (χ4n) is 2.81. The predicted molar refractivity (Wildman–Crippen MR) is 118 cm³/mol. The lowest BCUT2D eigenvalue weighted by Crippen LogP contribution is -2.48. The first-order chi connectivity index (χ1) is 15.4. The molecule has 2 N–H and O–H groups in total. The minimum absolute atomic E-state index is 0.0259. The molecule has 0 aromatic heterocycles. The van der Waals surface area contributed by atoms with Crippen LogP contribution in [0.2, 0.25) is 0 Å². The molecular weight excluding hydrogens is 577 g/mol. The number of benzene rings is 2. The molecule has 0 aliphatic heterocycles. The van der Waals surface area contributed by atoms with Crippen molar-refractivity contribution >= 4 is 43.7 Å². The molecule has 0 radical (unpaired) electrons. The number of methoxy groups -OCH3 is 1. The van der Waals surface area contributed by atoms with E-state index in [1.54, 1.807) is 18.3 Å². The summed E-state index contributed by atoms with van der Waals surface area (Å²) in [6.45, 7) is 1.65. The van der Waals surface area contributed by atoms with Crippen molar-refractivity contribution in [3.05, 3.63) is 49.9 Å². The van der Waals surface area contributed by atoms with Crippen molar-refractivity contribution < 1.29 is 37.3 Å². The first-order valence-corrected chi connectivity index (χ1v) is 10.8. The van der Waals surface area contributed by atoms with Gasteiger partial charge in [-0.2, -0.15) is 18.4 Å². The van der Waals surface area contributed by atoms with Gasteiger partial charge < -0.3 is 19.9 Å². The average molecular weight is 594 g/mol.